The molecule has 0 fully saturated rings. The zero-order chi connectivity index (χ0) is 8.27. The summed E-state index contributed by atoms with van der Waals surface area (Å²) in [4.78, 5) is 10.7. The Morgan fingerprint density at radius 1 is 1.55 bits per heavy atom. The Labute approximate surface area is 65.5 Å². The molecule has 0 aliphatic rings. The Balaban J connectivity index is 2.89. The molecule has 1 rings (SSSR count). The molecule has 0 aromatic carbocycles. The predicted molar refractivity (Wildman–Crippen MR) is 44.5 cm³/mol. The Kier molecular flexibility index (Phi) is 2.44. The van der Waals surface area contributed by atoms with Crippen LogP contribution in [0, 0.1) is 0 Å². The van der Waals surface area contributed by atoms with Gasteiger partial charge in [0.25, 0.3) is 0 Å². The maximum atomic E-state index is 10.7. The van der Waals surface area contributed by atoms with Crippen molar-refractivity contribution in [1.82, 2.24) is 4.57 Å². The predicted octanol–water partition coefficient (Wildman–Crippen LogP) is 0.368. The van der Waals surface area contributed by atoms with Gasteiger partial charge in [-0.1, -0.05) is 0 Å². The number of nitrogens with two attached hydrogens (primary N) is 1. The summed E-state index contributed by atoms with van der Waals surface area (Å²) in [5.41, 5.74) is 5.48. The van der Waals surface area contributed by atoms with Crippen molar-refractivity contribution in [3.8, 4) is 0 Å². The Morgan fingerprint density at radius 3 is 2.55 bits per heavy atom. The summed E-state index contributed by atoms with van der Waals surface area (Å²) in [5.74, 6) is 0. The van der Waals surface area contributed by atoms with E-state index >= 15 is 0 Å². The van der Waals surface area contributed by atoms with Crippen LogP contribution in [0.1, 0.15) is 13.0 Å². The first-order valence-corrected chi connectivity index (χ1v) is 3.62. The fraction of sp³-hybridized carbons (Fsp3) is 0.375. The summed E-state index contributed by atoms with van der Waals surface area (Å²) in [6.07, 6.45) is 3.50. The topological polar surface area (TPSA) is 48.0 Å². The number of hydrogen-bond acceptors (Lipinski definition) is 2. The summed E-state index contributed by atoms with van der Waals surface area (Å²) in [6.45, 7) is 2.59. The standard InChI is InChI=1S/C8H12N2O/c1-7(6-9)10-4-2-8(11)3-5-10/h2-5,7H,6,9H2,1H3. The van der Waals surface area contributed by atoms with Crippen LogP contribution in [0.3, 0.4) is 0 Å². The number of aromatic nitrogens is 1. The molecule has 1 aromatic heterocycles. The van der Waals surface area contributed by atoms with Gasteiger partial charge in [-0.3, -0.25) is 4.79 Å². The van der Waals surface area contributed by atoms with E-state index in [0.29, 0.717) is 6.54 Å². The van der Waals surface area contributed by atoms with E-state index in [9.17, 15) is 4.79 Å². The first kappa shape index (κ1) is 8.01. The quantitative estimate of drug-likeness (QED) is 0.665. The van der Waals surface area contributed by atoms with Gasteiger partial charge in [-0.2, -0.15) is 0 Å². The van der Waals surface area contributed by atoms with E-state index in [2.05, 4.69) is 0 Å². The number of rotatable bonds is 2. The molecule has 2 N–H and O–H groups in total. The van der Waals surface area contributed by atoms with Gasteiger partial charge >= 0.3 is 0 Å². The molecule has 0 saturated carbocycles. The molecule has 0 radical (unpaired) electrons. The second kappa shape index (κ2) is 3.34. The van der Waals surface area contributed by atoms with Crippen molar-refractivity contribution in [2.24, 2.45) is 5.73 Å². The highest BCUT2D eigenvalue weighted by Crippen LogP contribution is 1.99. The van der Waals surface area contributed by atoms with Crippen molar-refractivity contribution < 1.29 is 0 Å². The first-order chi connectivity index (χ1) is 5.24. The minimum absolute atomic E-state index is 0.0328. The molecule has 1 heterocycles. The highest BCUT2D eigenvalue weighted by molar-refractivity contribution is 4.95. The maximum Gasteiger partial charge on any atom is 0.181 e. The normalized spacial score (nSPS) is 12.9. The maximum absolute atomic E-state index is 10.7. The Hall–Kier alpha value is -1.09. The highest BCUT2D eigenvalue weighted by Gasteiger charge is 1.97. The van der Waals surface area contributed by atoms with Crippen molar-refractivity contribution in [2.45, 2.75) is 13.0 Å². The third-order valence-corrected chi connectivity index (χ3v) is 1.67. The molecule has 0 aliphatic carbocycles. The number of pyridine rings is 1. The molecule has 0 amide bonds. The molecule has 0 aliphatic heterocycles. The van der Waals surface area contributed by atoms with Crippen LogP contribution in [0.5, 0.6) is 0 Å². The van der Waals surface area contributed by atoms with Crippen LogP contribution in [-0.2, 0) is 0 Å². The van der Waals surface area contributed by atoms with Crippen molar-refractivity contribution in [3.63, 3.8) is 0 Å². The third-order valence-electron chi connectivity index (χ3n) is 1.67. The summed E-state index contributed by atoms with van der Waals surface area (Å²) < 4.78 is 1.92. The lowest BCUT2D eigenvalue weighted by atomic mass is 10.3. The number of nitrogens with zero attached hydrogens (tertiary/aromatic N) is 1. The molecule has 11 heavy (non-hydrogen) atoms. The fourth-order valence-corrected chi connectivity index (χ4v) is 0.840. The monoisotopic (exact) mass is 152 g/mol. The van der Waals surface area contributed by atoms with Gasteiger partial charge in [0.1, 0.15) is 0 Å². The number of hydrogen-bond donors (Lipinski definition) is 1. The van der Waals surface area contributed by atoms with Gasteiger partial charge in [0.15, 0.2) is 5.43 Å². The molecular weight excluding hydrogens is 140 g/mol. The summed E-state index contributed by atoms with van der Waals surface area (Å²) in [5, 5.41) is 0. The van der Waals surface area contributed by atoms with Gasteiger partial charge in [-0.05, 0) is 6.92 Å². The molecule has 0 bridgehead atoms. The molecule has 1 unspecified atom stereocenters. The van der Waals surface area contributed by atoms with Crippen LogP contribution in [0.15, 0.2) is 29.3 Å². The van der Waals surface area contributed by atoms with Crippen LogP contribution in [-0.4, -0.2) is 11.1 Å². The van der Waals surface area contributed by atoms with Crippen molar-refractivity contribution in [3.05, 3.63) is 34.7 Å². The third kappa shape index (κ3) is 1.91. The zero-order valence-corrected chi connectivity index (χ0v) is 6.53. The Morgan fingerprint density at radius 2 is 2.09 bits per heavy atom. The summed E-state index contributed by atoms with van der Waals surface area (Å²) in [6, 6.07) is 3.33. The molecular formula is C8H12N2O. The van der Waals surface area contributed by atoms with Gasteiger partial charge in [-0.15, -0.1) is 0 Å². The van der Waals surface area contributed by atoms with Gasteiger partial charge in [0.2, 0.25) is 0 Å². The van der Waals surface area contributed by atoms with Crippen LogP contribution < -0.4 is 11.2 Å². The average molecular weight is 152 g/mol. The fourth-order valence-electron chi connectivity index (χ4n) is 0.840. The molecule has 1 aromatic rings. The Bertz CT molecular complexity index is 259. The molecule has 3 heteroatoms. The molecule has 0 spiro atoms. The van der Waals surface area contributed by atoms with Crippen LogP contribution in [0.4, 0.5) is 0 Å². The lowest BCUT2D eigenvalue weighted by molar-refractivity contribution is 0.554. The van der Waals surface area contributed by atoms with E-state index < -0.39 is 0 Å². The van der Waals surface area contributed by atoms with Gasteiger partial charge in [-0.25, -0.2) is 0 Å². The minimum Gasteiger partial charge on any atom is -0.350 e. The first-order valence-electron chi connectivity index (χ1n) is 3.62. The van der Waals surface area contributed by atoms with Gasteiger partial charge in [0.05, 0.1) is 0 Å². The second-order valence-electron chi connectivity index (χ2n) is 2.57. The van der Waals surface area contributed by atoms with Crippen LogP contribution in [0.25, 0.3) is 0 Å². The SMILES string of the molecule is CC(CN)n1ccc(=O)cc1. The van der Waals surface area contributed by atoms with E-state index in [0.717, 1.165) is 0 Å². The summed E-state index contributed by atoms with van der Waals surface area (Å²) >= 11 is 0. The largest absolute Gasteiger partial charge is 0.350 e. The second-order valence-corrected chi connectivity index (χ2v) is 2.57. The van der Waals surface area contributed by atoms with Crippen LogP contribution in [0.2, 0.25) is 0 Å². The van der Waals surface area contributed by atoms with Gasteiger partial charge in [0, 0.05) is 37.1 Å². The molecule has 60 valence electrons. The van der Waals surface area contributed by atoms with Crippen molar-refractivity contribution in [1.29, 1.82) is 0 Å². The zero-order valence-electron chi connectivity index (χ0n) is 6.53. The smallest absolute Gasteiger partial charge is 0.181 e. The molecule has 3 nitrogen and oxygen atoms in total. The van der Waals surface area contributed by atoms with Crippen molar-refractivity contribution >= 4 is 0 Å². The lowest BCUT2D eigenvalue weighted by Gasteiger charge is -2.11. The van der Waals surface area contributed by atoms with Crippen molar-refractivity contribution in [2.75, 3.05) is 6.54 Å². The van der Waals surface area contributed by atoms with E-state index in [1.165, 1.54) is 12.1 Å². The van der Waals surface area contributed by atoms with Crippen LogP contribution >= 0.6 is 0 Å². The average Bonchev–Trinajstić information content (AvgIpc) is 2.05. The highest BCUT2D eigenvalue weighted by atomic mass is 16.1. The lowest BCUT2D eigenvalue weighted by Crippen LogP contribution is -2.16. The van der Waals surface area contributed by atoms with E-state index in [1.807, 2.05) is 11.5 Å². The van der Waals surface area contributed by atoms with Gasteiger partial charge < -0.3 is 10.3 Å². The molecule has 0 saturated heterocycles. The van der Waals surface area contributed by atoms with E-state index in [1.54, 1.807) is 12.4 Å². The van der Waals surface area contributed by atoms with E-state index in [-0.39, 0.29) is 11.5 Å². The molecule has 1 atom stereocenters. The van der Waals surface area contributed by atoms with E-state index in [4.69, 9.17) is 5.73 Å². The summed E-state index contributed by atoms with van der Waals surface area (Å²) in [7, 11) is 0. The minimum atomic E-state index is 0.0328.